The van der Waals surface area contributed by atoms with Crippen LogP contribution in [-0.2, 0) is 0 Å². The van der Waals surface area contributed by atoms with Gasteiger partial charge in [-0.05, 0) is 12.1 Å². The van der Waals surface area contributed by atoms with Crippen molar-refractivity contribution in [2.75, 3.05) is 7.05 Å². The number of aromatic nitrogens is 1. The zero-order chi connectivity index (χ0) is 16.8. The Morgan fingerprint density at radius 3 is 2.08 bits per heavy atom. The van der Waals surface area contributed by atoms with E-state index >= 15 is 0 Å². The molecular weight excluding hydrogens is 304 g/mol. The first kappa shape index (κ1) is 14.3. The van der Waals surface area contributed by atoms with E-state index in [4.69, 9.17) is 0 Å². The van der Waals surface area contributed by atoms with Crippen LogP contribution in [0, 0.1) is 0 Å². The van der Waals surface area contributed by atoms with Crippen LogP contribution in [0.2, 0.25) is 0 Å². The third kappa shape index (κ3) is 1.75. The second-order valence-corrected chi connectivity index (χ2v) is 5.52. The van der Waals surface area contributed by atoms with Crippen LogP contribution in [0.4, 0.5) is 0 Å². The molecule has 0 fully saturated rings. The van der Waals surface area contributed by atoms with Crippen molar-refractivity contribution < 1.29 is 15.0 Å². The van der Waals surface area contributed by atoms with Gasteiger partial charge in [-0.1, -0.05) is 42.5 Å². The second kappa shape index (κ2) is 5.09. The van der Waals surface area contributed by atoms with Gasteiger partial charge in [-0.25, -0.2) is 0 Å². The zero-order valence-electron chi connectivity index (χ0n) is 12.9. The molecule has 0 bridgehead atoms. The van der Waals surface area contributed by atoms with Crippen molar-refractivity contribution in [2.45, 2.75) is 0 Å². The van der Waals surface area contributed by atoms with Gasteiger partial charge < -0.3 is 10.2 Å². The second-order valence-electron chi connectivity index (χ2n) is 5.52. The van der Waals surface area contributed by atoms with Gasteiger partial charge in [0, 0.05) is 18.2 Å². The van der Waals surface area contributed by atoms with Gasteiger partial charge in [0.1, 0.15) is 0 Å². The standard InChI is InChI=1S/C19H14N2O3/c1-20-16-12-9-5-6-10-13(12)17(22)15-14(16)18(23)21(19(15)24)11-7-3-2-4-8-11/h2-10,23-24H,1H3. The Kier molecular flexibility index (Phi) is 3.03. The molecule has 4 rings (SSSR count). The number of nitrogens with zero attached hydrogens (tertiary/aromatic N) is 2. The van der Waals surface area contributed by atoms with E-state index in [9.17, 15) is 15.0 Å². The van der Waals surface area contributed by atoms with Crippen LogP contribution in [0.5, 0.6) is 11.8 Å². The maximum atomic E-state index is 12.8. The Morgan fingerprint density at radius 2 is 1.42 bits per heavy atom. The number of hydrogen-bond donors (Lipinski definition) is 2. The summed E-state index contributed by atoms with van der Waals surface area (Å²) in [4.78, 5) is 17.1. The summed E-state index contributed by atoms with van der Waals surface area (Å²) in [5.41, 5.74) is 2.51. The topological polar surface area (TPSA) is 74.8 Å². The molecule has 0 saturated heterocycles. The van der Waals surface area contributed by atoms with Gasteiger partial charge in [-0.3, -0.25) is 14.4 Å². The summed E-state index contributed by atoms with van der Waals surface area (Å²) in [6.07, 6.45) is 0. The third-order valence-electron chi connectivity index (χ3n) is 4.25. The van der Waals surface area contributed by atoms with Gasteiger partial charge in [0.25, 0.3) is 0 Å². The Bertz CT molecular complexity index is 1000. The molecule has 1 aromatic heterocycles. The highest BCUT2D eigenvalue weighted by Gasteiger charge is 2.37. The number of para-hydroxylation sites is 1. The van der Waals surface area contributed by atoms with Crippen molar-refractivity contribution in [3.63, 3.8) is 0 Å². The Balaban J connectivity index is 2.08. The average molecular weight is 318 g/mol. The number of aromatic hydroxyl groups is 2. The first-order valence-corrected chi connectivity index (χ1v) is 7.48. The fourth-order valence-electron chi connectivity index (χ4n) is 3.20. The zero-order valence-corrected chi connectivity index (χ0v) is 12.9. The van der Waals surface area contributed by atoms with Gasteiger partial charge in [-0.2, -0.15) is 0 Å². The smallest absolute Gasteiger partial charge is 0.210 e. The molecule has 0 spiro atoms. The molecule has 118 valence electrons. The molecule has 0 radical (unpaired) electrons. The normalized spacial score (nSPS) is 14.5. The van der Waals surface area contributed by atoms with E-state index in [1.807, 2.05) is 12.1 Å². The summed E-state index contributed by atoms with van der Waals surface area (Å²) in [6, 6.07) is 16.0. The Morgan fingerprint density at radius 1 is 0.833 bits per heavy atom. The minimum absolute atomic E-state index is 0.0793. The van der Waals surface area contributed by atoms with Crippen molar-refractivity contribution in [1.82, 2.24) is 4.57 Å². The highest BCUT2D eigenvalue weighted by molar-refractivity contribution is 6.32. The molecule has 1 aliphatic rings. The van der Waals surface area contributed by atoms with Crippen LogP contribution in [0.15, 0.2) is 59.6 Å². The summed E-state index contributed by atoms with van der Waals surface area (Å²) in [6.45, 7) is 0. The van der Waals surface area contributed by atoms with Crippen LogP contribution < -0.4 is 0 Å². The third-order valence-corrected chi connectivity index (χ3v) is 4.25. The summed E-state index contributed by atoms with van der Waals surface area (Å²) in [5, 5.41) is 21.4. The van der Waals surface area contributed by atoms with Crippen molar-refractivity contribution in [3.05, 3.63) is 76.9 Å². The molecule has 3 aromatic rings. The highest BCUT2D eigenvalue weighted by atomic mass is 16.3. The predicted octanol–water partition coefficient (Wildman–Crippen LogP) is 2.90. The molecule has 2 N–H and O–H groups in total. The van der Waals surface area contributed by atoms with Crippen LogP contribution in [0.3, 0.4) is 0 Å². The largest absolute Gasteiger partial charge is 0.494 e. The number of carbonyl (C=O) groups excluding carboxylic acids is 1. The lowest BCUT2D eigenvalue weighted by molar-refractivity contribution is 0.103. The van der Waals surface area contributed by atoms with Gasteiger partial charge in [0.15, 0.2) is 5.78 Å². The van der Waals surface area contributed by atoms with E-state index in [-0.39, 0.29) is 28.7 Å². The maximum Gasteiger partial charge on any atom is 0.210 e. The van der Waals surface area contributed by atoms with E-state index in [2.05, 4.69) is 4.99 Å². The van der Waals surface area contributed by atoms with E-state index in [0.717, 1.165) is 0 Å². The van der Waals surface area contributed by atoms with E-state index < -0.39 is 0 Å². The molecule has 0 unspecified atom stereocenters. The minimum Gasteiger partial charge on any atom is -0.494 e. The number of aliphatic imine (C=N–C) groups is 1. The van der Waals surface area contributed by atoms with Gasteiger partial charge >= 0.3 is 0 Å². The number of carbonyl (C=O) groups is 1. The van der Waals surface area contributed by atoms with Crippen molar-refractivity contribution in [2.24, 2.45) is 4.99 Å². The van der Waals surface area contributed by atoms with Crippen LogP contribution in [-0.4, -0.2) is 33.3 Å². The quantitative estimate of drug-likeness (QED) is 0.566. The number of ketones is 1. The first-order chi connectivity index (χ1) is 11.6. The molecule has 0 amide bonds. The molecule has 1 heterocycles. The summed E-state index contributed by atoms with van der Waals surface area (Å²) < 4.78 is 1.26. The first-order valence-electron chi connectivity index (χ1n) is 7.48. The van der Waals surface area contributed by atoms with E-state index in [1.54, 1.807) is 49.5 Å². The highest BCUT2D eigenvalue weighted by Crippen LogP contribution is 2.42. The van der Waals surface area contributed by atoms with E-state index in [1.165, 1.54) is 4.57 Å². The van der Waals surface area contributed by atoms with Gasteiger partial charge in [0.2, 0.25) is 11.8 Å². The summed E-state index contributed by atoms with van der Waals surface area (Å²) >= 11 is 0. The lowest BCUT2D eigenvalue weighted by Crippen LogP contribution is -2.20. The summed E-state index contributed by atoms with van der Waals surface area (Å²) in [5.74, 6) is -0.804. The number of benzene rings is 2. The van der Waals surface area contributed by atoms with Crippen molar-refractivity contribution in [3.8, 4) is 17.4 Å². The number of hydrogen-bond acceptors (Lipinski definition) is 4. The molecule has 0 aliphatic heterocycles. The predicted molar refractivity (Wildman–Crippen MR) is 90.5 cm³/mol. The molecule has 5 heteroatoms. The molecule has 5 nitrogen and oxygen atoms in total. The Labute approximate surface area is 138 Å². The van der Waals surface area contributed by atoms with Gasteiger partial charge in [0.05, 0.1) is 22.5 Å². The van der Waals surface area contributed by atoms with E-state index in [0.29, 0.717) is 22.5 Å². The van der Waals surface area contributed by atoms with Crippen LogP contribution in [0.1, 0.15) is 27.0 Å². The van der Waals surface area contributed by atoms with Crippen molar-refractivity contribution in [1.29, 1.82) is 0 Å². The Hall–Kier alpha value is -3.34. The lowest BCUT2D eigenvalue weighted by atomic mass is 9.85. The average Bonchev–Trinajstić information content (AvgIpc) is 2.88. The molecule has 0 saturated carbocycles. The molecule has 1 aliphatic carbocycles. The number of fused-ring (bicyclic) bond motifs is 2. The SMILES string of the molecule is CN=C1c2ccccc2C(=O)c2c1c(O)n(-c1ccccc1)c2O. The van der Waals surface area contributed by atoms with Crippen LogP contribution in [0.25, 0.3) is 5.69 Å². The molecular formula is C19H14N2O3. The number of rotatable bonds is 1. The molecule has 2 aromatic carbocycles. The monoisotopic (exact) mass is 318 g/mol. The minimum atomic E-state index is -0.324. The fraction of sp³-hybridized carbons (Fsp3) is 0.0526. The summed E-state index contributed by atoms with van der Waals surface area (Å²) in [7, 11) is 1.60. The molecule has 0 atom stereocenters. The fourth-order valence-corrected chi connectivity index (χ4v) is 3.20. The van der Waals surface area contributed by atoms with Crippen LogP contribution >= 0.6 is 0 Å². The van der Waals surface area contributed by atoms with Gasteiger partial charge in [-0.15, -0.1) is 0 Å². The lowest BCUT2D eigenvalue weighted by Gasteiger charge is -2.17. The maximum absolute atomic E-state index is 12.8. The van der Waals surface area contributed by atoms with Crippen molar-refractivity contribution >= 4 is 11.5 Å². The molecule has 24 heavy (non-hydrogen) atoms.